The molecule has 2 rings (SSSR count). The van der Waals surface area contributed by atoms with Gasteiger partial charge >= 0.3 is 5.97 Å². The summed E-state index contributed by atoms with van der Waals surface area (Å²) in [7, 11) is 1.38. The third-order valence-corrected chi connectivity index (χ3v) is 4.18. The molecule has 0 radical (unpaired) electrons. The van der Waals surface area contributed by atoms with Gasteiger partial charge in [-0.3, -0.25) is 9.59 Å². The van der Waals surface area contributed by atoms with E-state index in [0.29, 0.717) is 19.4 Å². The summed E-state index contributed by atoms with van der Waals surface area (Å²) in [5, 5.41) is 6.27. The number of rotatable bonds is 8. The molecule has 0 aromatic heterocycles. The lowest BCUT2D eigenvalue weighted by Gasteiger charge is -2.20. The Balaban J connectivity index is 2.08. The number of hydrogen-bond donors (Lipinski definition) is 2. The first-order valence-corrected chi connectivity index (χ1v) is 8.74. The fourth-order valence-corrected chi connectivity index (χ4v) is 2.66. The molecule has 0 saturated heterocycles. The van der Waals surface area contributed by atoms with Crippen LogP contribution in [0.5, 0.6) is 0 Å². The summed E-state index contributed by atoms with van der Waals surface area (Å²) in [5.74, 6) is -0.370. The Morgan fingerprint density at radius 3 is 2.50 bits per heavy atom. The van der Waals surface area contributed by atoms with Crippen molar-refractivity contribution >= 4 is 17.6 Å². The van der Waals surface area contributed by atoms with Crippen molar-refractivity contribution in [3.05, 3.63) is 65.2 Å². The number of hydrogen-bond acceptors (Lipinski definition) is 4. The molecule has 0 aliphatic heterocycles. The molecule has 0 fully saturated rings. The van der Waals surface area contributed by atoms with E-state index in [1.54, 1.807) is 0 Å². The van der Waals surface area contributed by atoms with Crippen LogP contribution in [-0.2, 0) is 14.3 Å². The Morgan fingerprint density at radius 1 is 1.08 bits per heavy atom. The minimum atomic E-state index is -0.492. The van der Waals surface area contributed by atoms with Crippen LogP contribution < -0.4 is 10.6 Å². The smallest absolute Gasteiger partial charge is 0.305 e. The highest BCUT2D eigenvalue weighted by atomic mass is 16.5. The number of nitrogens with one attached hydrogen (secondary N) is 2. The fraction of sp³-hybridized carbons (Fsp3) is 0.333. The van der Waals surface area contributed by atoms with Gasteiger partial charge in [0, 0.05) is 12.1 Å². The molecule has 5 nitrogen and oxygen atoms in total. The quantitative estimate of drug-likeness (QED) is 0.562. The first-order valence-electron chi connectivity index (χ1n) is 8.74. The predicted molar refractivity (Wildman–Crippen MR) is 103 cm³/mol. The van der Waals surface area contributed by atoms with Crippen molar-refractivity contribution in [1.82, 2.24) is 5.32 Å². The Kier molecular flexibility index (Phi) is 7.36. The van der Waals surface area contributed by atoms with E-state index in [4.69, 9.17) is 0 Å². The molecule has 2 N–H and O–H groups in total. The number of aryl methyl sites for hydroxylation is 2. The number of amides is 1. The summed E-state index contributed by atoms with van der Waals surface area (Å²) >= 11 is 0. The van der Waals surface area contributed by atoms with Crippen molar-refractivity contribution in [3.8, 4) is 0 Å². The van der Waals surface area contributed by atoms with Crippen molar-refractivity contribution in [3.63, 3.8) is 0 Å². The molecule has 1 amide bonds. The van der Waals surface area contributed by atoms with Crippen LogP contribution in [0.1, 0.15) is 35.6 Å². The maximum atomic E-state index is 12.9. The van der Waals surface area contributed by atoms with Crippen LogP contribution in [0.3, 0.4) is 0 Å². The van der Waals surface area contributed by atoms with Crippen LogP contribution in [0, 0.1) is 13.8 Å². The summed E-state index contributed by atoms with van der Waals surface area (Å²) in [6.45, 7) is 4.50. The molecule has 0 bridgehead atoms. The van der Waals surface area contributed by atoms with Crippen molar-refractivity contribution in [2.24, 2.45) is 0 Å². The van der Waals surface area contributed by atoms with Gasteiger partial charge in [-0.15, -0.1) is 0 Å². The summed E-state index contributed by atoms with van der Waals surface area (Å²) in [4.78, 5) is 24.1. The van der Waals surface area contributed by atoms with Crippen molar-refractivity contribution in [1.29, 1.82) is 0 Å². The van der Waals surface area contributed by atoms with Gasteiger partial charge in [0.05, 0.1) is 7.11 Å². The average Bonchev–Trinajstić information content (AvgIpc) is 2.65. The molecule has 5 heteroatoms. The van der Waals surface area contributed by atoms with E-state index < -0.39 is 6.04 Å². The zero-order chi connectivity index (χ0) is 18.9. The number of anilines is 1. The number of carbonyl (C=O) groups excluding carboxylic acids is 2. The van der Waals surface area contributed by atoms with Crippen molar-refractivity contribution in [2.75, 3.05) is 19.0 Å². The maximum Gasteiger partial charge on any atom is 0.305 e. The summed E-state index contributed by atoms with van der Waals surface area (Å²) in [5.41, 5.74) is 3.80. The SMILES string of the molecule is COC(=O)CCCN[C@H](C(=O)Nc1cc(C)ccc1C)c1ccccc1. The second kappa shape index (κ2) is 9.73. The van der Waals surface area contributed by atoms with Gasteiger partial charge < -0.3 is 15.4 Å². The number of esters is 1. The third kappa shape index (κ3) is 5.70. The maximum absolute atomic E-state index is 12.9. The number of methoxy groups -OCH3 is 1. The zero-order valence-corrected chi connectivity index (χ0v) is 15.5. The summed E-state index contributed by atoms with van der Waals surface area (Å²) in [6, 6.07) is 15.0. The van der Waals surface area contributed by atoms with Crippen LogP contribution in [0.15, 0.2) is 48.5 Å². The fourth-order valence-electron chi connectivity index (χ4n) is 2.66. The Hall–Kier alpha value is -2.66. The lowest BCUT2D eigenvalue weighted by atomic mass is 10.0. The lowest BCUT2D eigenvalue weighted by molar-refractivity contribution is -0.140. The predicted octanol–water partition coefficient (Wildman–Crippen LogP) is 3.53. The summed E-state index contributed by atoms with van der Waals surface area (Å²) in [6.07, 6.45) is 0.927. The molecule has 0 spiro atoms. The lowest BCUT2D eigenvalue weighted by Crippen LogP contribution is -2.34. The minimum Gasteiger partial charge on any atom is -0.469 e. The largest absolute Gasteiger partial charge is 0.469 e. The highest BCUT2D eigenvalue weighted by Crippen LogP contribution is 2.20. The van der Waals surface area contributed by atoms with E-state index in [9.17, 15) is 9.59 Å². The molecular formula is C21H26N2O3. The van der Waals surface area contributed by atoms with Crippen LogP contribution in [0.25, 0.3) is 0 Å². The molecule has 0 aliphatic rings. The topological polar surface area (TPSA) is 67.4 Å². The van der Waals surface area contributed by atoms with Gasteiger partial charge in [-0.05, 0) is 49.6 Å². The monoisotopic (exact) mass is 354 g/mol. The van der Waals surface area contributed by atoms with Crippen LogP contribution in [0.2, 0.25) is 0 Å². The molecule has 0 heterocycles. The van der Waals surface area contributed by atoms with Gasteiger partial charge in [-0.2, -0.15) is 0 Å². The van der Waals surface area contributed by atoms with Gasteiger partial charge in [0.1, 0.15) is 6.04 Å². The molecular weight excluding hydrogens is 328 g/mol. The molecule has 0 unspecified atom stereocenters. The van der Waals surface area contributed by atoms with Gasteiger partial charge in [0.25, 0.3) is 0 Å². The molecule has 0 aliphatic carbocycles. The van der Waals surface area contributed by atoms with E-state index in [0.717, 1.165) is 22.4 Å². The third-order valence-electron chi connectivity index (χ3n) is 4.18. The normalized spacial score (nSPS) is 11.7. The van der Waals surface area contributed by atoms with E-state index in [-0.39, 0.29) is 11.9 Å². The Morgan fingerprint density at radius 2 is 1.81 bits per heavy atom. The van der Waals surface area contributed by atoms with E-state index >= 15 is 0 Å². The highest BCUT2D eigenvalue weighted by molar-refractivity contribution is 5.96. The second-order valence-corrected chi connectivity index (χ2v) is 6.29. The number of benzene rings is 2. The Bertz CT molecular complexity index is 744. The second-order valence-electron chi connectivity index (χ2n) is 6.29. The standard InChI is InChI=1S/C21H26N2O3/c1-15-11-12-16(2)18(14-15)23-21(25)20(17-8-5-4-6-9-17)22-13-7-10-19(24)26-3/h4-6,8-9,11-12,14,20,22H,7,10,13H2,1-3H3,(H,23,25)/t20-/m0/s1. The molecule has 26 heavy (non-hydrogen) atoms. The van der Waals surface area contributed by atoms with Gasteiger partial charge in [0.2, 0.25) is 5.91 Å². The van der Waals surface area contributed by atoms with E-state index in [2.05, 4.69) is 15.4 Å². The minimum absolute atomic E-state index is 0.122. The highest BCUT2D eigenvalue weighted by Gasteiger charge is 2.20. The number of carbonyl (C=O) groups is 2. The first kappa shape index (κ1) is 19.7. The zero-order valence-electron chi connectivity index (χ0n) is 15.5. The van der Waals surface area contributed by atoms with E-state index in [1.165, 1.54) is 7.11 Å². The van der Waals surface area contributed by atoms with Crippen molar-refractivity contribution < 1.29 is 14.3 Å². The first-order chi connectivity index (χ1) is 12.5. The van der Waals surface area contributed by atoms with Gasteiger partial charge in [0.15, 0.2) is 0 Å². The Labute approximate surface area is 154 Å². The molecule has 138 valence electrons. The summed E-state index contributed by atoms with van der Waals surface area (Å²) < 4.78 is 4.65. The van der Waals surface area contributed by atoms with E-state index in [1.807, 2.05) is 62.4 Å². The molecule has 0 saturated carbocycles. The van der Waals surface area contributed by atoms with Crippen LogP contribution in [0.4, 0.5) is 5.69 Å². The van der Waals surface area contributed by atoms with Crippen molar-refractivity contribution in [2.45, 2.75) is 32.7 Å². The molecule has 2 aromatic carbocycles. The van der Waals surface area contributed by atoms with Crippen LogP contribution in [-0.4, -0.2) is 25.5 Å². The molecule has 1 atom stereocenters. The average molecular weight is 354 g/mol. The number of ether oxygens (including phenoxy) is 1. The molecule has 2 aromatic rings. The van der Waals surface area contributed by atoms with Crippen LogP contribution >= 0.6 is 0 Å². The van der Waals surface area contributed by atoms with Gasteiger partial charge in [-0.25, -0.2) is 0 Å². The van der Waals surface area contributed by atoms with Gasteiger partial charge in [-0.1, -0.05) is 42.5 Å².